The topological polar surface area (TPSA) is 116 Å². The van der Waals surface area contributed by atoms with Crippen molar-refractivity contribution in [1.29, 1.82) is 0 Å². The lowest BCUT2D eigenvalue weighted by Crippen LogP contribution is -2.31. The van der Waals surface area contributed by atoms with Crippen LogP contribution in [0.15, 0.2) is 18.2 Å². The van der Waals surface area contributed by atoms with Gasteiger partial charge in [-0.25, -0.2) is 0 Å². The van der Waals surface area contributed by atoms with Crippen molar-refractivity contribution in [2.75, 3.05) is 24.6 Å². The Morgan fingerprint density at radius 2 is 2.05 bits per heavy atom. The molecule has 0 bridgehead atoms. The molecule has 0 unspecified atom stereocenters. The van der Waals surface area contributed by atoms with Crippen molar-refractivity contribution < 1.29 is 19.2 Å². The lowest BCUT2D eigenvalue weighted by molar-refractivity contribution is -0.384. The highest BCUT2D eigenvalue weighted by atomic mass is 16.6. The van der Waals surface area contributed by atoms with Gasteiger partial charge < -0.3 is 15.4 Å². The number of carbonyl (C=O) groups excluding carboxylic acids is 2. The number of esters is 1. The molecule has 8 heteroatoms. The quantitative estimate of drug-likeness (QED) is 0.457. The minimum atomic E-state index is -0.752. The zero-order valence-electron chi connectivity index (χ0n) is 11.9. The van der Waals surface area contributed by atoms with E-state index in [1.165, 1.54) is 17.0 Å². The van der Waals surface area contributed by atoms with Gasteiger partial charge in [-0.15, -0.1) is 0 Å². The van der Waals surface area contributed by atoms with Gasteiger partial charge in [-0.2, -0.15) is 0 Å². The number of anilines is 1. The Bertz CT molecular complexity index is 559. The van der Waals surface area contributed by atoms with E-state index in [9.17, 15) is 19.7 Å². The standard InChI is InChI=1S/C13H17N3O5/c1-3-15(8-12(17)21-4-2)10-6-5-9(13(14)18)7-11(10)16(19)20/h5-7H,3-4,8H2,1-2H3,(H2,14,18). The van der Waals surface area contributed by atoms with E-state index in [4.69, 9.17) is 10.5 Å². The Hall–Kier alpha value is -2.64. The number of nitrogens with zero attached hydrogens (tertiary/aromatic N) is 2. The highest BCUT2D eigenvalue weighted by Gasteiger charge is 2.22. The van der Waals surface area contributed by atoms with Gasteiger partial charge in [0.15, 0.2) is 0 Å². The third-order valence-corrected chi connectivity index (χ3v) is 2.80. The molecule has 114 valence electrons. The smallest absolute Gasteiger partial charge is 0.325 e. The van der Waals surface area contributed by atoms with Gasteiger partial charge in [-0.1, -0.05) is 0 Å². The molecular weight excluding hydrogens is 278 g/mol. The Balaban J connectivity index is 3.16. The lowest BCUT2D eigenvalue weighted by Gasteiger charge is -2.21. The number of nitrogens with two attached hydrogens (primary N) is 1. The second kappa shape index (κ2) is 7.22. The van der Waals surface area contributed by atoms with Gasteiger partial charge in [0, 0.05) is 18.2 Å². The molecule has 0 spiro atoms. The van der Waals surface area contributed by atoms with E-state index in [2.05, 4.69) is 0 Å². The fourth-order valence-electron chi connectivity index (χ4n) is 1.82. The Morgan fingerprint density at radius 1 is 1.38 bits per heavy atom. The van der Waals surface area contributed by atoms with Gasteiger partial charge >= 0.3 is 5.97 Å². The van der Waals surface area contributed by atoms with Crippen molar-refractivity contribution in [2.45, 2.75) is 13.8 Å². The second-order valence-corrected chi connectivity index (χ2v) is 4.14. The third-order valence-electron chi connectivity index (χ3n) is 2.80. The van der Waals surface area contributed by atoms with Crippen molar-refractivity contribution >= 4 is 23.3 Å². The number of nitro benzene ring substituents is 1. The molecule has 8 nitrogen and oxygen atoms in total. The molecule has 1 amide bonds. The Labute approximate surface area is 121 Å². The molecule has 0 aliphatic heterocycles. The molecule has 1 rings (SSSR count). The van der Waals surface area contributed by atoms with E-state index in [0.717, 1.165) is 6.07 Å². The minimum absolute atomic E-state index is 0.0395. The molecule has 0 saturated carbocycles. The molecule has 0 heterocycles. The minimum Gasteiger partial charge on any atom is -0.465 e. The molecule has 1 aromatic rings. The summed E-state index contributed by atoms with van der Waals surface area (Å²) in [5.74, 6) is -1.23. The number of nitro groups is 1. The molecule has 0 aliphatic rings. The zero-order chi connectivity index (χ0) is 16.0. The van der Waals surface area contributed by atoms with Crippen molar-refractivity contribution in [3.63, 3.8) is 0 Å². The first kappa shape index (κ1) is 16.4. The zero-order valence-corrected chi connectivity index (χ0v) is 11.9. The average molecular weight is 295 g/mol. The first-order valence-corrected chi connectivity index (χ1v) is 6.39. The summed E-state index contributed by atoms with van der Waals surface area (Å²) < 4.78 is 4.83. The maximum absolute atomic E-state index is 11.5. The fourth-order valence-corrected chi connectivity index (χ4v) is 1.82. The van der Waals surface area contributed by atoms with Crippen LogP contribution < -0.4 is 10.6 Å². The Kier molecular flexibility index (Phi) is 5.65. The molecule has 21 heavy (non-hydrogen) atoms. The van der Waals surface area contributed by atoms with Gasteiger partial charge in [-0.05, 0) is 26.0 Å². The van der Waals surface area contributed by atoms with Crippen molar-refractivity contribution in [3.05, 3.63) is 33.9 Å². The highest BCUT2D eigenvalue weighted by molar-refractivity contribution is 5.94. The average Bonchev–Trinajstić information content (AvgIpc) is 2.44. The molecule has 0 atom stereocenters. The van der Waals surface area contributed by atoms with Gasteiger partial charge in [-0.3, -0.25) is 19.7 Å². The number of benzene rings is 1. The van der Waals surface area contributed by atoms with Crippen LogP contribution in [0.25, 0.3) is 0 Å². The van der Waals surface area contributed by atoms with E-state index < -0.39 is 16.8 Å². The van der Waals surface area contributed by atoms with E-state index in [-0.39, 0.29) is 30.1 Å². The van der Waals surface area contributed by atoms with Crippen molar-refractivity contribution in [2.24, 2.45) is 5.73 Å². The van der Waals surface area contributed by atoms with Gasteiger partial charge in [0.2, 0.25) is 5.91 Å². The predicted molar refractivity (Wildman–Crippen MR) is 76.1 cm³/mol. The second-order valence-electron chi connectivity index (χ2n) is 4.14. The van der Waals surface area contributed by atoms with Crippen molar-refractivity contribution in [3.8, 4) is 0 Å². The van der Waals surface area contributed by atoms with Crippen LogP contribution in [-0.4, -0.2) is 36.5 Å². The number of carbonyl (C=O) groups is 2. The van der Waals surface area contributed by atoms with Gasteiger partial charge in [0.05, 0.1) is 11.5 Å². The van der Waals surface area contributed by atoms with E-state index in [0.29, 0.717) is 6.54 Å². The number of ether oxygens (including phenoxy) is 1. The summed E-state index contributed by atoms with van der Waals surface area (Å²) in [6.07, 6.45) is 0. The summed E-state index contributed by atoms with van der Waals surface area (Å²) in [4.78, 5) is 34.7. The monoisotopic (exact) mass is 295 g/mol. The maximum atomic E-state index is 11.5. The molecule has 1 aromatic carbocycles. The maximum Gasteiger partial charge on any atom is 0.325 e. The van der Waals surface area contributed by atoms with Crippen LogP contribution in [0.4, 0.5) is 11.4 Å². The van der Waals surface area contributed by atoms with Crippen LogP contribution >= 0.6 is 0 Å². The molecule has 0 saturated heterocycles. The Morgan fingerprint density at radius 3 is 2.52 bits per heavy atom. The summed E-state index contributed by atoms with van der Waals surface area (Å²) in [7, 11) is 0. The number of rotatable bonds is 7. The largest absolute Gasteiger partial charge is 0.465 e. The SMILES string of the molecule is CCOC(=O)CN(CC)c1ccc(C(N)=O)cc1[N+](=O)[O-]. The van der Waals surface area contributed by atoms with Crippen LogP contribution in [0.2, 0.25) is 0 Å². The number of likely N-dealkylation sites (N-methyl/N-ethyl adjacent to an activating group) is 1. The summed E-state index contributed by atoms with van der Waals surface area (Å²) in [5, 5.41) is 11.1. The summed E-state index contributed by atoms with van der Waals surface area (Å²) in [5.41, 5.74) is 5.11. The van der Waals surface area contributed by atoms with Gasteiger partial charge in [0.25, 0.3) is 5.69 Å². The van der Waals surface area contributed by atoms with E-state index >= 15 is 0 Å². The number of hydrogen-bond acceptors (Lipinski definition) is 6. The first-order chi connectivity index (χ1) is 9.90. The van der Waals surface area contributed by atoms with Crippen LogP contribution in [0, 0.1) is 10.1 Å². The number of amides is 1. The summed E-state index contributed by atoms with van der Waals surface area (Å²) >= 11 is 0. The number of primary amides is 1. The van der Waals surface area contributed by atoms with Crippen LogP contribution in [0.5, 0.6) is 0 Å². The normalized spacial score (nSPS) is 10.0. The lowest BCUT2D eigenvalue weighted by atomic mass is 10.1. The van der Waals surface area contributed by atoms with Gasteiger partial charge in [0.1, 0.15) is 12.2 Å². The molecule has 0 aliphatic carbocycles. The number of hydrogen-bond donors (Lipinski definition) is 1. The fraction of sp³-hybridized carbons (Fsp3) is 0.385. The van der Waals surface area contributed by atoms with E-state index in [1.807, 2.05) is 0 Å². The summed E-state index contributed by atoms with van der Waals surface area (Å²) in [6.45, 7) is 3.93. The van der Waals surface area contributed by atoms with E-state index in [1.54, 1.807) is 13.8 Å². The molecule has 0 radical (unpaired) electrons. The van der Waals surface area contributed by atoms with Crippen LogP contribution in [0.3, 0.4) is 0 Å². The molecule has 0 fully saturated rings. The third kappa shape index (κ3) is 4.16. The first-order valence-electron chi connectivity index (χ1n) is 6.39. The van der Waals surface area contributed by atoms with Crippen LogP contribution in [-0.2, 0) is 9.53 Å². The molecule has 2 N–H and O–H groups in total. The van der Waals surface area contributed by atoms with Crippen LogP contribution in [0.1, 0.15) is 24.2 Å². The predicted octanol–water partition coefficient (Wildman–Crippen LogP) is 1.08. The highest BCUT2D eigenvalue weighted by Crippen LogP contribution is 2.29. The van der Waals surface area contributed by atoms with Crippen molar-refractivity contribution in [1.82, 2.24) is 0 Å². The summed E-state index contributed by atoms with van der Waals surface area (Å²) in [6, 6.07) is 3.89. The molecular formula is C13H17N3O5. The molecule has 0 aromatic heterocycles.